The van der Waals surface area contributed by atoms with Gasteiger partial charge in [0.2, 0.25) is 0 Å². The van der Waals surface area contributed by atoms with Gasteiger partial charge in [-0.3, -0.25) is 0 Å². The summed E-state index contributed by atoms with van der Waals surface area (Å²) in [6, 6.07) is 0. The van der Waals surface area contributed by atoms with Crippen LogP contribution in [0.4, 0.5) is 0 Å². The molecule has 0 heterocycles. The average molecular weight is 272 g/mol. The normalized spacial score (nSPS) is 11.7. The molecule has 0 radical (unpaired) electrons. The van der Waals surface area contributed by atoms with Crippen LogP contribution in [0, 0.1) is 0 Å². The van der Waals surface area contributed by atoms with E-state index in [1.807, 2.05) is 0 Å². The van der Waals surface area contributed by atoms with Gasteiger partial charge in [0, 0.05) is 12.3 Å². The van der Waals surface area contributed by atoms with Gasteiger partial charge in [-0.15, -0.1) is 0 Å². The van der Waals surface area contributed by atoms with Gasteiger partial charge in [0.15, 0.2) is 0 Å². The number of rotatable bonds is 12. The van der Waals surface area contributed by atoms with Crippen LogP contribution in [-0.2, 0) is 4.57 Å². The summed E-state index contributed by atoms with van der Waals surface area (Å²) in [5.41, 5.74) is 0. The maximum atomic E-state index is 13.0. The summed E-state index contributed by atoms with van der Waals surface area (Å²) < 4.78 is 13.0. The SMILES string of the molecule is C=C(CCCCCC)P(=O)(CCCC)CCCC. The van der Waals surface area contributed by atoms with Gasteiger partial charge in [0.25, 0.3) is 0 Å². The first-order valence-electron chi connectivity index (χ1n) is 7.87. The predicted octanol–water partition coefficient (Wildman–Crippen LogP) is 6.43. The largest absolute Gasteiger partial charge is 0.319 e. The van der Waals surface area contributed by atoms with Gasteiger partial charge in [-0.25, -0.2) is 0 Å². The second-order valence-corrected chi connectivity index (χ2v) is 8.73. The first-order chi connectivity index (χ1) is 8.60. The molecule has 0 fully saturated rings. The minimum absolute atomic E-state index is 0.899. The average Bonchev–Trinajstić information content (AvgIpc) is 2.38. The maximum Gasteiger partial charge on any atom is 0.111 e. The Morgan fingerprint density at radius 1 is 0.833 bits per heavy atom. The topological polar surface area (TPSA) is 17.1 Å². The van der Waals surface area contributed by atoms with Crippen LogP contribution >= 0.6 is 7.14 Å². The molecule has 0 N–H and O–H groups in total. The van der Waals surface area contributed by atoms with E-state index in [0.29, 0.717) is 0 Å². The molecule has 0 atom stereocenters. The Kier molecular flexibility index (Phi) is 10.8. The first-order valence-corrected chi connectivity index (χ1v) is 9.94. The van der Waals surface area contributed by atoms with Crippen molar-refractivity contribution >= 4 is 7.14 Å². The summed E-state index contributed by atoms with van der Waals surface area (Å²) in [5.74, 6) is 0. The van der Waals surface area contributed by atoms with E-state index >= 15 is 0 Å². The van der Waals surface area contributed by atoms with E-state index in [1.54, 1.807) is 0 Å². The van der Waals surface area contributed by atoms with Crippen molar-refractivity contribution in [1.82, 2.24) is 0 Å². The van der Waals surface area contributed by atoms with Gasteiger partial charge in [-0.1, -0.05) is 59.5 Å². The number of allylic oxidation sites excluding steroid dienone is 1. The van der Waals surface area contributed by atoms with Gasteiger partial charge in [-0.2, -0.15) is 0 Å². The Hall–Kier alpha value is -0.0300. The summed E-state index contributed by atoms with van der Waals surface area (Å²) in [5, 5.41) is 1.08. The summed E-state index contributed by atoms with van der Waals surface area (Å²) in [4.78, 5) is 0. The molecule has 0 saturated carbocycles. The monoisotopic (exact) mass is 272 g/mol. The summed E-state index contributed by atoms with van der Waals surface area (Å²) in [6.07, 6.45) is 12.2. The molecule has 0 aromatic rings. The van der Waals surface area contributed by atoms with Crippen LogP contribution in [0.25, 0.3) is 0 Å². The molecule has 1 nitrogen and oxygen atoms in total. The molecular weight excluding hydrogens is 239 g/mol. The quantitative estimate of drug-likeness (QED) is 0.295. The lowest BCUT2D eigenvalue weighted by molar-refractivity contribution is 0.571. The van der Waals surface area contributed by atoms with Crippen LogP contribution in [0.3, 0.4) is 0 Å². The molecular formula is C16H33OP. The Bertz CT molecular complexity index is 246. The summed E-state index contributed by atoms with van der Waals surface area (Å²) >= 11 is 0. The number of unbranched alkanes of at least 4 members (excludes halogenated alkanes) is 5. The minimum Gasteiger partial charge on any atom is -0.319 e. The van der Waals surface area contributed by atoms with Crippen molar-refractivity contribution in [1.29, 1.82) is 0 Å². The van der Waals surface area contributed by atoms with Crippen molar-refractivity contribution in [3.63, 3.8) is 0 Å². The van der Waals surface area contributed by atoms with Gasteiger partial charge in [0.1, 0.15) is 7.14 Å². The molecule has 18 heavy (non-hydrogen) atoms. The van der Waals surface area contributed by atoms with E-state index in [9.17, 15) is 4.57 Å². The van der Waals surface area contributed by atoms with Crippen molar-refractivity contribution in [2.75, 3.05) is 12.3 Å². The van der Waals surface area contributed by atoms with Crippen LogP contribution in [0.2, 0.25) is 0 Å². The highest BCUT2D eigenvalue weighted by molar-refractivity contribution is 7.68. The van der Waals surface area contributed by atoms with Crippen molar-refractivity contribution in [3.05, 3.63) is 11.9 Å². The lowest BCUT2D eigenvalue weighted by Crippen LogP contribution is -1.99. The zero-order valence-corrected chi connectivity index (χ0v) is 13.7. The standard InChI is InChI=1S/C16H33OP/c1-5-8-11-12-13-16(4)18(17,14-9-6-2)15-10-7-3/h4-15H2,1-3H3. The summed E-state index contributed by atoms with van der Waals surface area (Å²) in [6.45, 7) is 10.7. The van der Waals surface area contributed by atoms with Gasteiger partial charge in [-0.05, 0) is 31.0 Å². The van der Waals surface area contributed by atoms with Crippen LogP contribution < -0.4 is 0 Å². The number of hydrogen-bond acceptors (Lipinski definition) is 1. The number of hydrogen-bond donors (Lipinski definition) is 0. The molecule has 0 amide bonds. The first kappa shape index (κ1) is 18.0. The van der Waals surface area contributed by atoms with E-state index in [0.717, 1.165) is 49.7 Å². The summed E-state index contributed by atoms with van der Waals surface area (Å²) in [7, 11) is -2.09. The Labute approximate surface area is 115 Å². The van der Waals surface area contributed by atoms with E-state index in [-0.39, 0.29) is 0 Å². The third-order valence-electron chi connectivity index (χ3n) is 3.64. The molecule has 108 valence electrons. The lowest BCUT2D eigenvalue weighted by atomic mass is 10.1. The Morgan fingerprint density at radius 2 is 1.33 bits per heavy atom. The zero-order chi connectivity index (χ0) is 13.9. The van der Waals surface area contributed by atoms with E-state index in [1.165, 1.54) is 25.7 Å². The molecule has 0 aromatic heterocycles. The highest BCUT2D eigenvalue weighted by Crippen LogP contribution is 2.56. The fourth-order valence-corrected chi connectivity index (χ4v) is 5.29. The molecule has 0 saturated heterocycles. The molecule has 0 aromatic carbocycles. The van der Waals surface area contributed by atoms with Gasteiger partial charge < -0.3 is 4.57 Å². The molecule has 0 aliphatic carbocycles. The van der Waals surface area contributed by atoms with Crippen LogP contribution in [0.1, 0.15) is 78.6 Å². The molecule has 0 spiro atoms. The molecule has 0 bridgehead atoms. The predicted molar refractivity (Wildman–Crippen MR) is 85.1 cm³/mol. The van der Waals surface area contributed by atoms with E-state index < -0.39 is 7.14 Å². The zero-order valence-electron chi connectivity index (χ0n) is 12.8. The van der Waals surface area contributed by atoms with Crippen LogP contribution in [-0.4, -0.2) is 12.3 Å². The second-order valence-electron chi connectivity index (χ2n) is 5.42. The molecule has 0 rings (SSSR count). The highest BCUT2D eigenvalue weighted by Gasteiger charge is 2.23. The Morgan fingerprint density at radius 3 is 1.78 bits per heavy atom. The third kappa shape index (κ3) is 7.41. The van der Waals surface area contributed by atoms with Crippen LogP contribution in [0.15, 0.2) is 11.9 Å². The lowest BCUT2D eigenvalue weighted by Gasteiger charge is -2.20. The van der Waals surface area contributed by atoms with Crippen LogP contribution in [0.5, 0.6) is 0 Å². The Balaban J connectivity index is 4.25. The maximum absolute atomic E-state index is 13.0. The fourth-order valence-electron chi connectivity index (χ4n) is 2.21. The fraction of sp³-hybridized carbons (Fsp3) is 0.875. The second kappa shape index (κ2) is 10.9. The smallest absolute Gasteiger partial charge is 0.111 e. The van der Waals surface area contributed by atoms with Crippen molar-refractivity contribution in [2.24, 2.45) is 0 Å². The highest BCUT2D eigenvalue weighted by atomic mass is 31.2. The van der Waals surface area contributed by atoms with Crippen molar-refractivity contribution in [3.8, 4) is 0 Å². The minimum atomic E-state index is -2.09. The molecule has 0 aliphatic rings. The molecule has 0 aliphatic heterocycles. The van der Waals surface area contributed by atoms with Gasteiger partial charge >= 0.3 is 0 Å². The van der Waals surface area contributed by atoms with Crippen molar-refractivity contribution < 1.29 is 4.57 Å². The third-order valence-corrected chi connectivity index (χ3v) is 7.09. The van der Waals surface area contributed by atoms with Crippen molar-refractivity contribution in [2.45, 2.75) is 78.6 Å². The van der Waals surface area contributed by atoms with Gasteiger partial charge in [0.05, 0.1) is 0 Å². The van der Waals surface area contributed by atoms with E-state index in [4.69, 9.17) is 0 Å². The van der Waals surface area contributed by atoms with E-state index in [2.05, 4.69) is 27.4 Å². The molecule has 2 heteroatoms. The molecule has 0 unspecified atom stereocenters.